The van der Waals surface area contributed by atoms with Crippen molar-refractivity contribution in [3.8, 4) is 0 Å². The summed E-state index contributed by atoms with van der Waals surface area (Å²) in [7, 11) is -3.78. The lowest BCUT2D eigenvalue weighted by Gasteiger charge is -2.23. The molecule has 1 atom stereocenters. The predicted molar refractivity (Wildman–Crippen MR) is 121 cm³/mol. The molecular weight excluding hydrogens is 479 g/mol. The number of carbonyl (C=O) groups excluding carboxylic acids is 1. The number of nitrogens with zero attached hydrogens (tertiary/aromatic N) is 3. The van der Waals surface area contributed by atoms with Gasteiger partial charge in [-0.1, -0.05) is 46.7 Å². The van der Waals surface area contributed by atoms with E-state index in [9.17, 15) is 13.2 Å². The minimum absolute atomic E-state index is 0.151. The molecule has 1 aliphatic heterocycles. The van der Waals surface area contributed by atoms with Gasteiger partial charge in [-0.3, -0.25) is 4.79 Å². The summed E-state index contributed by atoms with van der Waals surface area (Å²) in [6.07, 6.45) is 1.29. The van der Waals surface area contributed by atoms with Gasteiger partial charge in [0.1, 0.15) is 5.01 Å². The number of anilines is 1. The molecule has 1 aromatic heterocycles. The maximum atomic E-state index is 13.3. The SMILES string of the molecule is Cc1c(Cl)cccc1S(=O)(=O)N1CCC[C@@H]1c1nnc(C(=O)Nc2cccc(Cl)c2)s1. The summed E-state index contributed by atoms with van der Waals surface area (Å²) < 4.78 is 28.1. The first-order valence-electron chi connectivity index (χ1n) is 9.44. The second-order valence-electron chi connectivity index (χ2n) is 7.05. The van der Waals surface area contributed by atoms with Crippen LogP contribution in [-0.2, 0) is 10.0 Å². The van der Waals surface area contributed by atoms with E-state index in [-0.39, 0.29) is 9.90 Å². The Bertz CT molecular complexity index is 1250. The van der Waals surface area contributed by atoms with Crippen molar-refractivity contribution in [3.05, 3.63) is 68.1 Å². The Morgan fingerprint density at radius 2 is 1.97 bits per heavy atom. The van der Waals surface area contributed by atoms with Crippen molar-refractivity contribution in [1.29, 1.82) is 0 Å². The van der Waals surface area contributed by atoms with Crippen LogP contribution < -0.4 is 5.32 Å². The maximum absolute atomic E-state index is 13.3. The van der Waals surface area contributed by atoms with Gasteiger partial charge < -0.3 is 5.32 Å². The molecule has 0 radical (unpaired) electrons. The lowest BCUT2D eigenvalue weighted by molar-refractivity contribution is 0.102. The van der Waals surface area contributed by atoms with Crippen LogP contribution in [0.1, 0.15) is 39.3 Å². The van der Waals surface area contributed by atoms with Gasteiger partial charge >= 0.3 is 0 Å². The van der Waals surface area contributed by atoms with Gasteiger partial charge in [-0.25, -0.2) is 8.42 Å². The van der Waals surface area contributed by atoms with Crippen molar-refractivity contribution < 1.29 is 13.2 Å². The van der Waals surface area contributed by atoms with E-state index in [1.807, 2.05) is 0 Å². The summed E-state index contributed by atoms with van der Waals surface area (Å²) in [5.74, 6) is -0.427. The highest BCUT2D eigenvalue weighted by Gasteiger charge is 2.39. The van der Waals surface area contributed by atoms with Gasteiger partial charge in [0.15, 0.2) is 0 Å². The fraction of sp³-hybridized carbons (Fsp3) is 0.250. The first-order valence-corrected chi connectivity index (χ1v) is 12.5. The van der Waals surface area contributed by atoms with Crippen molar-refractivity contribution in [2.75, 3.05) is 11.9 Å². The number of aromatic nitrogens is 2. The van der Waals surface area contributed by atoms with Crippen LogP contribution in [0.4, 0.5) is 5.69 Å². The van der Waals surface area contributed by atoms with Gasteiger partial charge in [-0.15, -0.1) is 10.2 Å². The molecule has 3 aromatic rings. The molecule has 2 heterocycles. The number of benzene rings is 2. The number of sulfonamides is 1. The molecule has 11 heteroatoms. The molecule has 0 unspecified atom stereocenters. The molecule has 162 valence electrons. The third-order valence-electron chi connectivity index (χ3n) is 5.01. The fourth-order valence-corrected chi connectivity index (χ4v) is 6.76. The van der Waals surface area contributed by atoms with E-state index >= 15 is 0 Å². The quantitative estimate of drug-likeness (QED) is 0.540. The number of amides is 1. The Morgan fingerprint density at radius 1 is 1.19 bits per heavy atom. The Labute approximate surface area is 194 Å². The van der Waals surface area contributed by atoms with Gasteiger partial charge in [-0.2, -0.15) is 4.31 Å². The van der Waals surface area contributed by atoms with Gasteiger partial charge in [0.05, 0.1) is 10.9 Å². The van der Waals surface area contributed by atoms with E-state index in [2.05, 4.69) is 15.5 Å². The average molecular weight is 497 g/mol. The van der Waals surface area contributed by atoms with Crippen LogP contribution in [0.5, 0.6) is 0 Å². The van der Waals surface area contributed by atoms with Crippen LogP contribution in [-0.4, -0.2) is 35.4 Å². The zero-order valence-corrected chi connectivity index (χ0v) is 19.5. The van der Waals surface area contributed by atoms with Gasteiger partial charge in [-0.05, 0) is 55.7 Å². The molecule has 2 aromatic carbocycles. The van der Waals surface area contributed by atoms with Crippen LogP contribution in [0.25, 0.3) is 0 Å². The molecule has 0 bridgehead atoms. The van der Waals surface area contributed by atoms with Gasteiger partial charge in [0.2, 0.25) is 15.0 Å². The summed E-state index contributed by atoms with van der Waals surface area (Å²) in [6.45, 7) is 2.05. The van der Waals surface area contributed by atoms with E-state index in [0.29, 0.717) is 45.7 Å². The molecular formula is C20H18Cl2N4O3S2. The van der Waals surface area contributed by atoms with Crippen molar-refractivity contribution in [3.63, 3.8) is 0 Å². The number of carbonyl (C=O) groups is 1. The second kappa shape index (κ2) is 8.84. The van der Waals surface area contributed by atoms with Crippen molar-refractivity contribution in [2.24, 2.45) is 0 Å². The molecule has 1 N–H and O–H groups in total. The van der Waals surface area contributed by atoms with Crippen LogP contribution >= 0.6 is 34.5 Å². The van der Waals surface area contributed by atoms with Gasteiger partial charge in [0.25, 0.3) is 5.91 Å². The predicted octanol–water partition coefficient (Wildman–Crippen LogP) is 4.93. The molecule has 1 saturated heterocycles. The molecule has 31 heavy (non-hydrogen) atoms. The highest BCUT2D eigenvalue weighted by Crippen LogP contribution is 2.39. The van der Waals surface area contributed by atoms with Gasteiger partial charge in [0, 0.05) is 22.3 Å². The Morgan fingerprint density at radius 3 is 2.74 bits per heavy atom. The fourth-order valence-electron chi connectivity index (χ4n) is 3.48. The standard InChI is InChI=1S/C20H18Cl2N4O3S2/c1-12-15(22)7-3-9-17(12)31(28,29)26-10-4-8-16(26)19-24-25-20(30-19)18(27)23-14-6-2-5-13(21)11-14/h2-3,5-7,9,11,16H,4,8,10H2,1H3,(H,23,27)/t16-/m1/s1. The number of rotatable bonds is 5. The number of halogens is 2. The summed E-state index contributed by atoms with van der Waals surface area (Å²) in [5, 5.41) is 12.4. The third-order valence-corrected chi connectivity index (χ3v) is 8.73. The molecule has 0 spiro atoms. The molecule has 1 aliphatic rings. The van der Waals surface area contributed by atoms with Crippen molar-refractivity contribution >= 4 is 56.2 Å². The Kier molecular flexibility index (Phi) is 6.32. The summed E-state index contributed by atoms with van der Waals surface area (Å²) in [5.41, 5.74) is 1.05. The zero-order valence-electron chi connectivity index (χ0n) is 16.4. The number of hydrogen-bond acceptors (Lipinski definition) is 6. The zero-order chi connectivity index (χ0) is 22.2. The summed E-state index contributed by atoms with van der Waals surface area (Å²) in [6, 6.07) is 11.1. The monoisotopic (exact) mass is 496 g/mol. The molecule has 4 rings (SSSR count). The smallest absolute Gasteiger partial charge is 0.286 e. The molecule has 0 saturated carbocycles. The summed E-state index contributed by atoms with van der Waals surface area (Å²) in [4.78, 5) is 12.7. The number of nitrogens with one attached hydrogen (secondary N) is 1. The van der Waals surface area contributed by atoms with Crippen LogP contribution in [0.15, 0.2) is 47.4 Å². The first kappa shape index (κ1) is 22.2. The Hall–Kier alpha value is -2.04. The summed E-state index contributed by atoms with van der Waals surface area (Å²) >= 11 is 13.2. The topological polar surface area (TPSA) is 92.3 Å². The van der Waals surface area contributed by atoms with E-state index < -0.39 is 22.0 Å². The van der Waals surface area contributed by atoms with Crippen LogP contribution in [0, 0.1) is 6.92 Å². The minimum Gasteiger partial charge on any atom is -0.320 e. The molecule has 1 fully saturated rings. The van der Waals surface area contributed by atoms with E-state index in [0.717, 1.165) is 11.3 Å². The molecule has 1 amide bonds. The Balaban J connectivity index is 1.58. The lowest BCUT2D eigenvalue weighted by Crippen LogP contribution is -2.31. The maximum Gasteiger partial charge on any atom is 0.286 e. The molecule has 7 nitrogen and oxygen atoms in total. The molecule has 0 aliphatic carbocycles. The first-order chi connectivity index (χ1) is 14.8. The minimum atomic E-state index is -3.78. The number of hydrogen-bond donors (Lipinski definition) is 1. The third kappa shape index (κ3) is 4.47. The normalized spacial score (nSPS) is 17.1. The van der Waals surface area contributed by atoms with E-state index in [4.69, 9.17) is 23.2 Å². The van der Waals surface area contributed by atoms with Crippen LogP contribution in [0.2, 0.25) is 10.0 Å². The van der Waals surface area contributed by atoms with Crippen LogP contribution in [0.3, 0.4) is 0 Å². The van der Waals surface area contributed by atoms with E-state index in [1.165, 1.54) is 4.31 Å². The largest absolute Gasteiger partial charge is 0.320 e. The highest BCUT2D eigenvalue weighted by atomic mass is 35.5. The highest BCUT2D eigenvalue weighted by molar-refractivity contribution is 7.89. The van der Waals surface area contributed by atoms with E-state index in [1.54, 1.807) is 49.4 Å². The average Bonchev–Trinajstić information content (AvgIpc) is 3.39. The van der Waals surface area contributed by atoms with Crippen molar-refractivity contribution in [2.45, 2.75) is 30.7 Å². The van der Waals surface area contributed by atoms with Crippen molar-refractivity contribution in [1.82, 2.24) is 14.5 Å². The lowest BCUT2D eigenvalue weighted by atomic mass is 10.2. The second-order valence-corrected chi connectivity index (χ2v) is 10.8.